The van der Waals surface area contributed by atoms with Crippen LogP contribution < -0.4 is 0 Å². The van der Waals surface area contributed by atoms with E-state index in [4.69, 9.17) is 4.52 Å². The molecule has 1 aliphatic heterocycles. The predicted molar refractivity (Wildman–Crippen MR) is 75.9 cm³/mol. The van der Waals surface area contributed by atoms with Crippen LogP contribution in [0.1, 0.15) is 33.8 Å². The molecular formula is C16H15FN2O3. The van der Waals surface area contributed by atoms with Crippen LogP contribution in [0.15, 0.2) is 41.1 Å². The highest BCUT2D eigenvalue weighted by atomic mass is 19.1. The molecule has 2 heterocycles. The first-order chi connectivity index (χ1) is 10.6. The Bertz CT molecular complexity index is 659. The van der Waals surface area contributed by atoms with Gasteiger partial charge in [-0.25, -0.2) is 4.39 Å². The first kappa shape index (κ1) is 14.4. The molecule has 1 amide bonds. The Kier molecular flexibility index (Phi) is 4.00. The molecule has 0 radical (unpaired) electrons. The molecule has 1 aromatic carbocycles. The molecule has 0 aliphatic carbocycles. The van der Waals surface area contributed by atoms with Gasteiger partial charge < -0.3 is 9.42 Å². The number of piperidine rings is 1. The number of likely N-dealkylation sites (tertiary alicyclic amines) is 1. The van der Waals surface area contributed by atoms with Gasteiger partial charge >= 0.3 is 0 Å². The Morgan fingerprint density at radius 1 is 1.14 bits per heavy atom. The normalized spacial score (nSPS) is 15.8. The fourth-order valence-corrected chi connectivity index (χ4v) is 2.68. The van der Waals surface area contributed by atoms with Crippen molar-refractivity contribution in [2.24, 2.45) is 5.92 Å². The largest absolute Gasteiger partial charge is 0.351 e. The second kappa shape index (κ2) is 6.09. The molecule has 0 bridgehead atoms. The molecule has 3 rings (SSSR count). The minimum absolute atomic E-state index is 0.00626. The number of hydrogen-bond donors (Lipinski definition) is 0. The SMILES string of the molecule is O=C(c1ccc(F)cc1)C1CCN(C(=O)c2ccno2)CC1. The molecule has 0 N–H and O–H groups in total. The summed E-state index contributed by atoms with van der Waals surface area (Å²) in [6.45, 7) is 0.994. The van der Waals surface area contributed by atoms with E-state index < -0.39 is 0 Å². The van der Waals surface area contributed by atoms with Gasteiger partial charge in [-0.1, -0.05) is 5.16 Å². The summed E-state index contributed by atoms with van der Waals surface area (Å²) in [5.74, 6) is -0.478. The summed E-state index contributed by atoms with van der Waals surface area (Å²) in [6, 6.07) is 7.11. The van der Waals surface area contributed by atoms with Gasteiger partial charge in [0, 0.05) is 30.6 Å². The van der Waals surface area contributed by atoms with Crippen molar-refractivity contribution in [3.63, 3.8) is 0 Å². The Morgan fingerprint density at radius 2 is 1.82 bits per heavy atom. The number of amides is 1. The lowest BCUT2D eigenvalue weighted by Crippen LogP contribution is -2.40. The van der Waals surface area contributed by atoms with Gasteiger partial charge in [-0.3, -0.25) is 9.59 Å². The van der Waals surface area contributed by atoms with Gasteiger partial charge in [0.05, 0.1) is 6.20 Å². The molecule has 0 atom stereocenters. The number of Topliss-reactive ketones (excluding diaryl/α,β-unsaturated/α-hetero) is 1. The maximum absolute atomic E-state index is 12.9. The van der Waals surface area contributed by atoms with Crippen molar-refractivity contribution in [1.29, 1.82) is 0 Å². The fraction of sp³-hybridized carbons (Fsp3) is 0.312. The highest BCUT2D eigenvalue weighted by molar-refractivity contribution is 5.98. The summed E-state index contributed by atoms with van der Waals surface area (Å²) < 4.78 is 17.8. The third-order valence-electron chi connectivity index (χ3n) is 3.93. The van der Waals surface area contributed by atoms with E-state index >= 15 is 0 Å². The molecule has 0 saturated carbocycles. The van der Waals surface area contributed by atoms with E-state index in [2.05, 4.69) is 5.16 Å². The summed E-state index contributed by atoms with van der Waals surface area (Å²) in [7, 11) is 0. The lowest BCUT2D eigenvalue weighted by Gasteiger charge is -2.30. The van der Waals surface area contributed by atoms with Gasteiger partial charge in [-0.15, -0.1) is 0 Å². The monoisotopic (exact) mass is 302 g/mol. The van der Waals surface area contributed by atoms with Crippen LogP contribution in [0.3, 0.4) is 0 Å². The van der Waals surface area contributed by atoms with Crippen LogP contribution in [0, 0.1) is 11.7 Å². The lowest BCUT2D eigenvalue weighted by atomic mass is 9.89. The molecule has 1 fully saturated rings. The van der Waals surface area contributed by atoms with E-state index in [-0.39, 0.29) is 29.2 Å². The van der Waals surface area contributed by atoms with E-state index in [1.54, 1.807) is 4.90 Å². The Morgan fingerprint density at radius 3 is 2.41 bits per heavy atom. The molecule has 0 spiro atoms. The fourth-order valence-electron chi connectivity index (χ4n) is 2.68. The van der Waals surface area contributed by atoms with E-state index in [0.29, 0.717) is 31.5 Å². The Balaban J connectivity index is 1.60. The molecule has 0 unspecified atom stereocenters. The number of halogens is 1. The summed E-state index contributed by atoms with van der Waals surface area (Å²) in [6.07, 6.45) is 2.62. The number of benzene rings is 1. The van der Waals surface area contributed by atoms with Crippen molar-refractivity contribution in [3.05, 3.63) is 53.7 Å². The number of aromatic nitrogens is 1. The second-order valence-electron chi connectivity index (χ2n) is 5.31. The van der Waals surface area contributed by atoms with E-state index in [0.717, 1.165) is 0 Å². The molecule has 5 nitrogen and oxygen atoms in total. The average Bonchev–Trinajstić information content (AvgIpc) is 3.09. The van der Waals surface area contributed by atoms with Crippen LogP contribution in [0.5, 0.6) is 0 Å². The number of carbonyl (C=O) groups is 2. The number of ketones is 1. The van der Waals surface area contributed by atoms with Crippen molar-refractivity contribution in [1.82, 2.24) is 10.1 Å². The minimum Gasteiger partial charge on any atom is -0.351 e. The zero-order valence-electron chi connectivity index (χ0n) is 11.9. The summed E-state index contributed by atoms with van der Waals surface area (Å²) in [5, 5.41) is 3.52. The van der Waals surface area contributed by atoms with Gasteiger partial charge in [0.2, 0.25) is 5.76 Å². The molecule has 2 aromatic rings. The molecule has 22 heavy (non-hydrogen) atoms. The van der Waals surface area contributed by atoms with Crippen molar-refractivity contribution in [2.75, 3.05) is 13.1 Å². The summed E-state index contributed by atoms with van der Waals surface area (Å²) in [5.41, 5.74) is 0.515. The molecular weight excluding hydrogens is 287 g/mol. The van der Waals surface area contributed by atoms with Crippen LogP contribution in [0.2, 0.25) is 0 Å². The molecule has 1 aliphatic rings. The zero-order chi connectivity index (χ0) is 15.5. The average molecular weight is 302 g/mol. The van der Waals surface area contributed by atoms with Gasteiger partial charge in [0.25, 0.3) is 5.91 Å². The first-order valence-electron chi connectivity index (χ1n) is 7.15. The Labute approximate surface area is 126 Å². The van der Waals surface area contributed by atoms with Crippen molar-refractivity contribution >= 4 is 11.7 Å². The van der Waals surface area contributed by atoms with Crippen molar-refractivity contribution in [3.8, 4) is 0 Å². The van der Waals surface area contributed by atoms with Gasteiger partial charge in [-0.2, -0.15) is 0 Å². The Hall–Kier alpha value is -2.50. The smallest absolute Gasteiger partial charge is 0.292 e. The number of carbonyl (C=O) groups excluding carboxylic acids is 2. The quantitative estimate of drug-likeness (QED) is 0.817. The summed E-state index contributed by atoms with van der Waals surface area (Å²) >= 11 is 0. The standard InChI is InChI=1S/C16H15FN2O3/c17-13-3-1-11(2-4-13)15(20)12-6-9-19(10-7-12)16(21)14-5-8-18-22-14/h1-5,8,12H,6-7,9-10H2. The molecule has 1 saturated heterocycles. The topological polar surface area (TPSA) is 63.4 Å². The van der Waals surface area contributed by atoms with Gasteiger partial charge in [0.15, 0.2) is 5.78 Å². The van der Waals surface area contributed by atoms with Crippen molar-refractivity contribution in [2.45, 2.75) is 12.8 Å². The van der Waals surface area contributed by atoms with Gasteiger partial charge in [0.1, 0.15) is 5.82 Å². The maximum Gasteiger partial charge on any atom is 0.292 e. The molecule has 6 heteroatoms. The highest BCUT2D eigenvalue weighted by Gasteiger charge is 2.29. The van der Waals surface area contributed by atoms with Crippen LogP contribution in [-0.4, -0.2) is 34.8 Å². The van der Waals surface area contributed by atoms with Gasteiger partial charge in [-0.05, 0) is 37.1 Å². The number of nitrogens with zero attached hydrogens (tertiary/aromatic N) is 2. The first-order valence-corrected chi connectivity index (χ1v) is 7.15. The van der Waals surface area contributed by atoms with E-state index in [1.165, 1.54) is 36.5 Å². The van der Waals surface area contributed by atoms with E-state index in [1.807, 2.05) is 0 Å². The predicted octanol–water partition coefficient (Wildman–Crippen LogP) is 2.55. The van der Waals surface area contributed by atoms with Crippen LogP contribution in [0.4, 0.5) is 4.39 Å². The second-order valence-corrected chi connectivity index (χ2v) is 5.31. The van der Waals surface area contributed by atoms with Crippen LogP contribution in [0.25, 0.3) is 0 Å². The minimum atomic E-state index is -0.357. The highest BCUT2D eigenvalue weighted by Crippen LogP contribution is 2.23. The molecule has 1 aromatic heterocycles. The van der Waals surface area contributed by atoms with E-state index in [9.17, 15) is 14.0 Å². The third kappa shape index (κ3) is 2.90. The summed E-state index contributed by atoms with van der Waals surface area (Å²) in [4.78, 5) is 26.1. The lowest BCUT2D eigenvalue weighted by molar-refractivity contribution is 0.0616. The van der Waals surface area contributed by atoms with Crippen LogP contribution in [-0.2, 0) is 0 Å². The molecule has 114 valence electrons. The van der Waals surface area contributed by atoms with Crippen LogP contribution >= 0.6 is 0 Å². The number of rotatable bonds is 3. The van der Waals surface area contributed by atoms with Crippen molar-refractivity contribution < 1.29 is 18.5 Å². The maximum atomic E-state index is 12.9. The third-order valence-corrected chi connectivity index (χ3v) is 3.93. The number of hydrogen-bond acceptors (Lipinski definition) is 4. The zero-order valence-corrected chi connectivity index (χ0v) is 11.9.